The predicted octanol–water partition coefficient (Wildman–Crippen LogP) is 0.697. The summed E-state index contributed by atoms with van der Waals surface area (Å²) in [5.74, 6) is 0. The van der Waals surface area contributed by atoms with Gasteiger partial charge in [-0.25, -0.2) is 0 Å². The predicted molar refractivity (Wildman–Crippen MR) is 62.1 cm³/mol. The van der Waals surface area contributed by atoms with E-state index in [9.17, 15) is 0 Å². The van der Waals surface area contributed by atoms with Crippen LogP contribution in [0.5, 0.6) is 0 Å². The Kier molecular flexibility index (Phi) is 4.58. The normalized spacial score (nSPS) is 28.1. The molecule has 0 aromatic rings. The van der Waals surface area contributed by atoms with Crippen molar-refractivity contribution in [1.82, 2.24) is 9.80 Å². The first-order valence-electron chi connectivity index (χ1n) is 6.31. The van der Waals surface area contributed by atoms with Crippen LogP contribution < -0.4 is 0 Å². The van der Waals surface area contributed by atoms with Crippen LogP contribution in [0, 0.1) is 11.3 Å². The summed E-state index contributed by atoms with van der Waals surface area (Å²) in [5.41, 5.74) is 0. The number of ether oxygens (including phenoxy) is 1. The molecule has 0 spiro atoms. The first-order chi connectivity index (χ1) is 7.90. The lowest BCUT2D eigenvalue weighted by atomic mass is 10.2. The average molecular weight is 223 g/mol. The number of nitriles is 1. The van der Waals surface area contributed by atoms with Crippen LogP contribution in [0.4, 0.5) is 0 Å². The molecule has 4 heteroatoms. The molecule has 1 unspecified atom stereocenters. The number of nitrogens with zero attached hydrogens (tertiary/aromatic N) is 3. The lowest BCUT2D eigenvalue weighted by Gasteiger charge is -2.32. The fourth-order valence-corrected chi connectivity index (χ4v) is 2.64. The number of unbranched alkanes of at least 4 members (excludes halogenated alkanes) is 1. The molecular weight excluding hydrogens is 202 g/mol. The average Bonchev–Trinajstić information content (AvgIpc) is 2.79. The van der Waals surface area contributed by atoms with Gasteiger partial charge in [-0.15, -0.1) is 0 Å². The van der Waals surface area contributed by atoms with E-state index in [2.05, 4.69) is 15.9 Å². The van der Waals surface area contributed by atoms with Gasteiger partial charge < -0.3 is 9.64 Å². The highest BCUT2D eigenvalue weighted by Crippen LogP contribution is 2.17. The Morgan fingerprint density at radius 2 is 2.06 bits per heavy atom. The number of hydrogen-bond donors (Lipinski definition) is 0. The lowest BCUT2D eigenvalue weighted by molar-refractivity contribution is 0.0185. The first kappa shape index (κ1) is 11.8. The SMILES string of the molecule is N#CCCCN1CCC(N2CCOCC2)C1. The molecule has 4 nitrogen and oxygen atoms in total. The molecule has 2 aliphatic heterocycles. The summed E-state index contributed by atoms with van der Waals surface area (Å²) in [6.45, 7) is 7.45. The van der Waals surface area contributed by atoms with Crippen molar-refractivity contribution in [2.45, 2.75) is 25.3 Å². The van der Waals surface area contributed by atoms with Crippen LogP contribution in [0.2, 0.25) is 0 Å². The molecule has 1 atom stereocenters. The minimum Gasteiger partial charge on any atom is -0.379 e. The van der Waals surface area contributed by atoms with Gasteiger partial charge in [0.05, 0.1) is 19.3 Å². The van der Waals surface area contributed by atoms with Gasteiger partial charge in [-0.2, -0.15) is 5.26 Å². The van der Waals surface area contributed by atoms with E-state index in [-0.39, 0.29) is 0 Å². The van der Waals surface area contributed by atoms with Crippen LogP contribution in [0.25, 0.3) is 0 Å². The summed E-state index contributed by atoms with van der Waals surface area (Å²) in [7, 11) is 0. The van der Waals surface area contributed by atoms with Crippen molar-refractivity contribution >= 4 is 0 Å². The molecule has 2 fully saturated rings. The van der Waals surface area contributed by atoms with E-state index in [4.69, 9.17) is 10.00 Å². The van der Waals surface area contributed by atoms with E-state index in [1.54, 1.807) is 0 Å². The van der Waals surface area contributed by atoms with Crippen molar-refractivity contribution < 1.29 is 4.74 Å². The van der Waals surface area contributed by atoms with Gasteiger partial charge in [0.2, 0.25) is 0 Å². The van der Waals surface area contributed by atoms with E-state index >= 15 is 0 Å². The molecular formula is C12H21N3O. The Balaban J connectivity index is 1.68. The van der Waals surface area contributed by atoms with E-state index in [0.29, 0.717) is 6.42 Å². The third-order valence-electron chi connectivity index (χ3n) is 3.57. The highest BCUT2D eigenvalue weighted by molar-refractivity contribution is 4.84. The van der Waals surface area contributed by atoms with Crippen molar-refractivity contribution in [2.24, 2.45) is 0 Å². The zero-order chi connectivity index (χ0) is 11.2. The molecule has 0 amide bonds. The maximum Gasteiger partial charge on any atom is 0.0622 e. The molecule has 0 radical (unpaired) electrons. The maximum absolute atomic E-state index is 8.51. The van der Waals surface area contributed by atoms with Gasteiger partial charge in [0.15, 0.2) is 0 Å². The molecule has 0 saturated carbocycles. The molecule has 2 aliphatic rings. The minimum atomic E-state index is 0.693. The van der Waals surface area contributed by atoms with Gasteiger partial charge in [-0.3, -0.25) is 4.90 Å². The third kappa shape index (κ3) is 3.18. The summed E-state index contributed by atoms with van der Waals surface area (Å²) < 4.78 is 5.37. The summed E-state index contributed by atoms with van der Waals surface area (Å²) in [5, 5.41) is 8.51. The Morgan fingerprint density at radius 3 is 2.81 bits per heavy atom. The van der Waals surface area contributed by atoms with E-state index < -0.39 is 0 Å². The van der Waals surface area contributed by atoms with E-state index in [0.717, 1.165) is 45.3 Å². The van der Waals surface area contributed by atoms with Crippen LogP contribution in [0.15, 0.2) is 0 Å². The maximum atomic E-state index is 8.51. The van der Waals surface area contributed by atoms with Crippen LogP contribution >= 0.6 is 0 Å². The largest absolute Gasteiger partial charge is 0.379 e. The Hall–Kier alpha value is -0.630. The second-order valence-electron chi connectivity index (χ2n) is 4.65. The zero-order valence-electron chi connectivity index (χ0n) is 9.90. The summed E-state index contributed by atoms with van der Waals surface area (Å²) in [6, 6.07) is 2.94. The number of likely N-dealkylation sites (tertiary alicyclic amines) is 1. The van der Waals surface area contributed by atoms with Gasteiger partial charge in [-0.1, -0.05) is 0 Å². The second-order valence-corrected chi connectivity index (χ2v) is 4.65. The van der Waals surface area contributed by atoms with Gasteiger partial charge in [0, 0.05) is 32.1 Å². The molecule has 16 heavy (non-hydrogen) atoms. The smallest absolute Gasteiger partial charge is 0.0622 e. The highest BCUT2D eigenvalue weighted by atomic mass is 16.5. The first-order valence-corrected chi connectivity index (χ1v) is 6.31. The van der Waals surface area contributed by atoms with Gasteiger partial charge in [0.1, 0.15) is 0 Å². The molecule has 90 valence electrons. The van der Waals surface area contributed by atoms with Gasteiger partial charge >= 0.3 is 0 Å². The fourth-order valence-electron chi connectivity index (χ4n) is 2.64. The van der Waals surface area contributed by atoms with Crippen LogP contribution in [0.3, 0.4) is 0 Å². The van der Waals surface area contributed by atoms with Crippen molar-refractivity contribution in [3.8, 4) is 6.07 Å². The Morgan fingerprint density at radius 1 is 1.25 bits per heavy atom. The molecule has 0 aromatic heterocycles. The van der Waals surface area contributed by atoms with Crippen molar-refractivity contribution in [3.05, 3.63) is 0 Å². The number of hydrogen-bond acceptors (Lipinski definition) is 4. The monoisotopic (exact) mass is 223 g/mol. The number of morpholine rings is 1. The second kappa shape index (κ2) is 6.19. The lowest BCUT2D eigenvalue weighted by Crippen LogP contribution is -2.44. The molecule has 0 aliphatic carbocycles. The minimum absolute atomic E-state index is 0.693. The summed E-state index contributed by atoms with van der Waals surface area (Å²) >= 11 is 0. The summed E-state index contributed by atoms with van der Waals surface area (Å²) in [6.07, 6.45) is 3.00. The fraction of sp³-hybridized carbons (Fsp3) is 0.917. The molecule has 0 N–H and O–H groups in total. The number of rotatable bonds is 4. The summed E-state index contributed by atoms with van der Waals surface area (Å²) in [4.78, 5) is 5.06. The topological polar surface area (TPSA) is 39.5 Å². The molecule has 2 heterocycles. The van der Waals surface area contributed by atoms with Gasteiger partial charge in [0.25, 0.3) is 0 Å². The van der Waals surface area contributed by atoms with Crippen LogP contribution in [-0.4, -0.2) is 61.8 Å². The standard InChI is InChI=1S/C12H21N3O/c13-4-1-2-5-14-6-3-12(11-14)15-7-9-16-10-8-15/h12H,1-3,5-11H2. The van der Waals surface area contributed by atoms with Crippen LogP contribution in [-0.2, 0) is 4.74 Å². The molecule has 2 rings (SSSR count). The molecule has 2 saturated heterocycles. The zero-order valence-corrected chi connectivity index (χ0v) is 9.90. The van der Waals surface area contributed by atoms with Crippen molar-refractivity contribution in [2.75, 3.05) is 45.9 Å². The molecule has 0 aromatic carbocycles. The van der Waals surface area contributed by atoms with Crippen LogP contribution in [0.1, 0.15) is 19.3 Å². The van der Waals surface area contributed by atoms with Crippen molar-refractivity contribution in [1.29, 1.82) is 5.26 Å². The van der Waals surface area contributed by atoms with Gasteiger partial charge in [-0.05, 0) is 25.9 Å². The van der Waals surface area contributed by atoms with Crippen molar-refractivity contribution in [3.63, 3.8) is 0 Å². The third-order valence-corrected chi connectivity index (χ3v) is 3.57. The van der Waals surface area contributed by atoms with E-state index in [1.807, 2.05) is 0 Å². The Labute approximate surface area is 97.8 Å². The molecule has 0 bridgehead atoms. The highest BCUT2D eigenvalue weighted by Gasteiger charge is 2.27. The van der Waals surface area contributed by atoms with E-state index in [1.165, 1.54) is 19.5 Å². The Bertz CT molecular complexity index is 245. The quantitative estimate of drug-likeness (QED) is 0.658.